The van der Waals surface area contributed by atoms with E-state index in [9.17, 15) is 29.1 Å². The van der Waals surface area contributed by atoms with E-state index in [0.717, 1.165) is 0 Å². The lowest BCUT2D eigenvalue weighted by Gasteiger charge is -2.23. The molecule has 0 aromatic carbocycles. The van der Waals surface area contributed by atoms with Crippen molar-refractivity contribution in [3.63, 3.8) is 0 Å². The Hall–Kier alpha value is -3.46. The summed E-state index contributed by atoms with van der Waals surface area (Å²) < 4.78 is 0. The van der Waals surface area contributed by atoms with Crippen LogP contribution in [-0.4, -0.2) is 77.9 Å². The average molecular weight is 502 g/mol. The quantitative estimate of drug-likeness (QED) is 0.0503. The number of carboxylic acids is 1. The largest absolute Gasteiger partial charge is 0.480 e. The number of nitrogens with zero attached hydrogens (tertiary/aromatic N) is 1. The molecule has 0 aromatic rings. The monoisotopic (exact) mass is 501 g/mol. The Balaban J connectivity index is 5.05. The van der Waals surface area contributed by atoms with Crippen LogP contribution in [0.25, 0.3) is 0 Å². The summed E-state index contributed by atoms with van der Waals surface area (Å²) in [6, 6.07) is -4.44. The van der Waals surface area contributed by atoms with Crippen molar-refractivity contribution in [2.45, 2.75) is 76.0 Å². The highest BCUT2D eigenvalue weighted by atomic mass is 16.4. The van der Waals surface area contributed by atoms with Crippen molar-refractivity contribution in [2.24, 2.45) is 33.7 Å². The molecule has 15 nitrogen and oxygen atoms in total. The SMILES string of the molecule is CC(NC(=O)C(CCC(N)=O)NC(=O)C(N)CCCCN)C(=O)NC(CCCN=C(N)N)C(=O)O. The number of carbonyl (C=O) groups excluding carboxylic acids is 4. The Morgan fingerprint density at radius 2 is 1.46 bits per heavy atom. The molecule has 0 fully saturated rings. The van der Waals surface area contributed by atoms with E-state index in [0.29, 0.717) is 32.2 Å². The number of carbonyl (C=O) groups is 5. The number of aliphatic imine (C=N–C) groups is 1. The Morgan fingerprint density at radius 3 is 2.00 bits per heavy atom. The van der Waals surface area contributed by atoms with Gasteiger partial charge in [0, 0.05) is 13.0 Å². The summed E-state index contributed by atoms with van der Waals surface area (Å²) in [5, 5.41) is 16.5. The van der Waals surface area contributed by atoms with Crippen LogP contribution in [0.15, 0.2) is 4.99 Å². The number of aliphatic carboxylic acids is 1. The van der Waals surface area contributed by atoms with E-state index in [1.54, 1.807) is 0 Å². The van der Waals surface area contributed by atoms with Crippen molar-refractivity contribution in [1.82, 2.24) is 16.0 Å². The number of primary amides is 1. The lowest BCUT2D eigenvalue weighted by atomic mass is 10.1. The number of nitrogens with one attached hydrogen (secondary N) is 3. The fourth-order valence-electron chi connectivity index (χ4n) is 2.91. The molecule has 35 heavy (non-hydrogen) atoms. The Kier molecular flexibility index (Phi) is 15.4. The highest BCUT2D eigenvalue weighted by Gasteiger charge is 2.28. The summed E-state index contributed by atoms with van der Waals surface area (Å²) in [7, 11) is 0. The molecule has 0 aliphatic rings. The molecule has 14 N–H and O–H groups in total. The minimum Gasteiger partial charge on any atom is -0.480 e. The molecule has 4 atom stereocenters. The van der Waals surface area contributed by atoms with Crippen molar-refractivity contribution in [3.05, 3.63) is 0 Å². The predicted octanol–water partition coefficient (Wildman–Crippen LogP) is -3.68. The summed E-state index contributed by atoms with van der Waals surface area (Å²) in [5.41, 5.74) is 26.8. The maximum atomic E-state index is 12.7. The van der Waals surface area contributed by atoms with Crippen LogP contribution in [0.2, 0.25) is 0 Å². The molecule has 0 aliphatic heterocycles. The number of amides is 4. The van der Waals surface area contributed by atoms with Gasteiger partial charge < -0.3 is 49.7 Å². The van der Waals surface area contributed by atoms with Gasteiger partial charge in [0.2, 0.25) is 23.6 Å². The molecule has 0 spiro atoms. The van der Waals surface area contributed by atoms with Gasteiger partial charge >= 0.3 is 5.97 Å². The molecule has 0 bridgehead atoms. The molecule has 0 saturated carbocycles. The topological polar surface area (TPSA) is 284 Å². The Bertz CT molecular complexity index is 757. The molecule has 4 amide bonds. The zero-order valence-electron chi connectivity index (χ0n) is 20.0. The van der Waals surface area contributed by atoms with Crippen LogP contribution in [0.3, 0.4) is 0 Å². The number of unbranched alkanes of at least 4 members (excludes halogenated alkanes) is 1. The average Bonchev–Trinajstić information content (AvgIpc) is 2.77. The van der Waals surface area contributed by atoms with Gasteiger partial charge in [-0.1, -0.05) is 6.42 Å². The minimum atomic E-state index is -1.27. The van der Waals surface area contributed by atoms with Crippen LogP contribution in [0.4, 0.5) is 0 Å². The number of nitrogens with two attached hydrogens (primary N) is 5. The van der Waals surface area contributed by atoms with Crippen LogP contribution in [-0.2, 0) is 24.0 Å². The number of hydrogen-bond donors (Lipinski definition) is 9. The van der Waals surface area contributed by atoms with E-state index in [1.165, 1.54) is 6.92 Å². The third-order valence-electron chi connectivity index (χ3n) is 4.93. The van der Waals surface area contributed by atoms with Crippen LogP contribution < -0.4 is 44.6 Å². The highest BCUT2D eigenvalue weighted by Crippen LogP contribution is 2.04. The third kappa shape index (κ3) is 14.4. The summed E-state index contributed by atoms with van der Waals surface area (Å²) in [6.45, 7) is 1.98. The second kappa shape index (κ2) is 17.0. The van der Waals surface area contributed by atoms with E-state index < -0.39 is 53.8 Å². The smallest absolute Gasteiger partial charge is 0.326 e. The van der Waals surface area contributed by atoms with E-state index in [1.807, 2.05) is 0 Å². The molecule has 4 unspecified atom stereocenters. The first-order valence-corrected chi connectivity index (χ1v) is 11.3. The molecule has 0 aromatic heterocycles. The summed E-state index contributed by atoms with van der Waals surface area (Å²) in [6.07, 6.45) is 1.70. The van der Waals surface area contributed by atoms with Crippen LogP contribution in [0.1, 0.15) is 51.9 Å². The van der Waals surface area contributed by atoms with Gasteiger partial charge in [0.15, 0.2) is 5.96 Å². The van der Waals surface area contributed by atoms with E-state index in [2.05, 4.69) is 20.9 Å². The van der Waals surface area contributed by atoms with Gasteiger partial charge in [0.1, 0.15) is 18.1 Å². The van der Waals surface area contributed by atoms with E-state index in [-0.39, 0.29) is 31.8 Å². The van der Waals surface area contributed by atoms with Crippen LogP contribution in [0, 0.1) is 0 Å². The summed E-state index contributed by atoms with van der Waals surface area (Å²) >= 11 is 0. The predicted molar refractivity (Wildman–Crippen MR) is 128 cm³/mol. The Labute approximate surface area is 204 Å². The van der Waals surface area contributed by atoms with Crippen molar-refractivity contribution in [1.29, 1.82) is 0 Å². The van der Waals surface area contributed by atoms with Gasteiger partial charge in [0.05, 0.1) is 6.04 Å². The van der Waals surface area contributed by atoms with Crippen molar-refractivity contribution in [2.75, 3.05) is 13.1 Å². The second-order valence-electron chi connectivity index (χ2n) is 8.04. The van der Waals surface area contributed by atoms with Crippen molar-refractivity contribution < 1.29 is 29.1 Å². The first-order chi connectivity index (χ1) is 16.4. The second-order valence-corrected chi connectivity index (χ2v) is 8.04. The molecule has 15 heteroatoms. The number of carboxylic acid groups (broad SMARTS) is 1. The normalized spacial score (nSPS) is 14.0. The summed E-state index contributed by atoms with van der Waals surface area (Å²) in [4.78, 5) is 63.9. The van der Waals surface area contributed by atoms with Crippen molar-refractivity contribution in [3.8, 4) is 0 Å². The van der Waals surface area contributed by atoms with Crippen LogP contribution in [0.5, 0.6) is 0 Å². The maximum Gasteiger partial charge on any atom is 0.326 e. The van der Waals surface area contributed by atoms with E-state index >= 15 is 0 Å². The first-order valence-electron chi connectivity index (χ1n) is 11.3. The molecule has 0 radical (unpaired) electrons. The molecule has 0 saturated heterocycles. The standard InChI is InChI=1S/C20H39N9O6/c1-11(16(31)29-14(19(34)35)6-4-10-26-20(24)25)27-18(33)13(7-8-15(23)30)28-17(32)12(22)5-2-3-9-21/h11-14H,2-10,21-22H2,1H3,(H2,23,30)(H,27,33)(H,28,32)(H,29,31)(H,34,35)(H4,24,25,26). The summed E-state index contributed by atoms with van der Waals surface area (Å²) in [5.74, 6) is -4.19. The molecular weight excluding hydrogens is 462 g/mol. The number of rotatable bonds is 18. The number of hydrogen-bond acceptors (Lipinski definition) is 8. The maximum absolute atomic E-state index is 12.7. The molecule has 0 aliphatic carbocycles. The first kappa shape index (κ1) is 31.5. The Morgan fingerprint density at radius 1 is 0.829 bits per heavy atom. The van der Waals surface area contributed by atoms with Gasteiger partial charge in [-0.2, -0.15) is 0 Å². The van der Waals surface area contributed by atoms with Crippen molar-refractivity contribution >= 4 is 35.6 Å². The fourth-order valence-corrected chi connectivity index (χ4v) is 2.91. The van der Waals surface area contributed by atoms with Gasteiger partial charge in [0.25, 0.3) is 0 Å². The minimum absolute atomic E-state index is 0.0534. The zero-order chi connectivity index (χ0) is 27.0. The fraction of sp³-hybridized carbons (Fsp3) is 0.700. The lowest BCUT2D eigenvalue weighted by Crippen LogP contribution is -2.56. The van der Waals surface area contributed by atoms with E-state index in [4.69, 9.17) is 28.7 Å². The number of guanidine groups is 1. The molecule has 0 heterocycles. The lowest BCUT2D eigenvalue weighted by molar-refractivity contribution is -0.142. The van der Waals surface area contributed by atoms with Gasteiger partial charge in [-0.25, -0.2) is 4.79 Å². The van der Waals surface area contributed by atoms with Gasteiger partial charge in [-0.15, -0.1) is 0 Å². The van der Waals surface area contributed by atoms with Crippen LogP contribution >= 0.6 is 0 Å². The third-order valence-corrected chi connectivity index (χ3v) is 4.93. The van der Waals surface area contributed by atoms with Gasteiger partial charge in [-0.05, 0) is 45.6 Å². The molecule has 200 valence electrons. The zero-order valence-corrected chi connectivity index (χ0v) is 20.0. The molecule has 0 rings (SSSR count). The highest BCUT2D eigenvalue weighted by molar-refractivity contribution is 5.94. The van der Waals surface area contributed by atoms with Gasteiger partial charge in [-0.3, -0.25) is 24.2 Å². The molecular formula is C20H39N9O6.